The molecule has 0 saturated carbocycles. The van der Waals surface area contributed by atoms with Crippen molar-refractivity contribution in [1.29, 1.82) is 0 Å². The van der Waals surface area contributed by atoms with Gasteiger partial charge in [-0.05, 0) is 24.8 Å². The van der Waals surface area contributed by atoms with Gasteiger partial charge in [-0.15, -0.1) is 0 Å². The molecule has 0 aliphatic carbocycles. The summed E-state index contributed by atoms with van der Waals surface area (Å²) in [6.07, 6.45) is 2.40. The summed E-state index contributed by atoms with van der Waals surface area (Å²) in [5, 5.41) is 0. The second-order valence-electron chi connectivity index (χ2n) is 5.31. The molecule has 94 valence electrons. The molecule has 1 nitrogen and oxygen atoms in total. The standard InChI is InChI=1S/C15H25BO/c1-5-6-14-7-9-15(10-8-14)16-13(4)17-11-12(2)3/h7-10,12-13,16H,5-6,11H2,1-4H3. The molecule has 0 heterocycles. The molecule has 1 unspecified atom stereocenters. The van der Waals surface area contributed by atoms with E-state index >= 15 is 0 Å². The number of benzene rings is 1. The molecular weight excluding hydrogens is 207 g/mol. The van der Waals surface area contributed by atoms with Gasteiger partial charge in [0, 0.05) is 12.6 Å². The van der Waals surface area contributed by atoms with E-state index in [0.29, 0.717) is 11.9 Å². The topological polar surface area (TPSA) is 9.23 Å². The monoisotopic (exact) mass is 232 g/mol. The maximum absolute atomic E-state index is 5.79. The minimum absolute atomic E-state index is 0.314. The lowest BCUT2D eigenvalue weighted by atomic mass is 9.65. The van der Waals surface area contributed by atoms with Crippen LogP contribution in [-0.2, 0) is 11.2 Å². The van der Waals surface area contributed by atoms with E-state index < -0.39 is 0 Å². The Labute approximate surface area is 107 Å². The maximum Gasteiger partial charge on any atom is 0.192 e. The third-order valence-corrected chi connectivity index (χ3v) is 2.80. The lowest BCUT2D eigenvalue weighted by molar-refractivity contribution is 0.0940. The van der Waals surface area contributed by atoms with Crippen LogP contribution in [0, 0.1) is 5.92 Å². The molecule has 0 aliphatic heterocycles. The molecule has 0 N–H and O–H groups in total. The average Bonchev–Trinajstić information content (AvgIpc) is 2.29. The summed E-state index contributed by atoms with van der Waals surface area (Å²) in [5.41, 5.74) is 2.81. The van der Waals surface area contributed by atoms with Gasteiger partial charge in [0.25, 0.3) is 0 Å². The first-order valence-corrected chi connectivity index (χ1v) is 6.81. The Kier molecular flexibility index (Phi) is 6.35. The van der Waals surface area contributed by atoms with Crippen molar-refractivity contribution in [3.63, 3.8) is 0 Å². The number of ether oxygens (including phenoxy) is 1. The second kappa shape index (κ2) is 7.55. The lowest BCUT2D eigenvalue weighted by Gasteiger charge is -2.14. The Morgan fingerprint density at radius 2 is 1.76 bits per heavy atom. The molecule has 1 rings (SSSR count). The highest BCUT2D eigenvalue weighted by Gasteiger charge is 2.07. The van der Waals surface area contributed by atoms with E-state index in [0.717, 1.165) is 13.9 Å². The lowest BCUT2D eigenvalue weighted by Crippen LogP contribution is -2.29. The van der Waals surface area contributed by atoms with Gasteiger partial charge in [0.2, 0.25) is 0 Å². The van der Waals surface area contributed by atoms with Crippen molar-refractivity contribution < 1.29 is 4.74 Å². The predicted molar refractivity (Wildman–Crippen MR) is 77.5 cm³/mol. The molecule has 0 bridgehead atoms. The molecule has 0 amide bonds. The van der Waals surface area contributed by atoms with Gasteiger partial charge in [-0.1, -0.05) is 56.9 Å². The molecule has 17 heavy (non-hydrogen) atoms. The van der Waals surface area contributed by atoms with E-state index in [1.54, 1.807) is 0 Å². The molecule has 0 spiro atoms. The van der Waals surface area contributed by atoms with Gasteiger partial charge in [0.05, 0.1) is 0 Å². The van der Waals surface area contributed by atoms with Gasteiger partial charge in [0.1, 0.15) is 0 Å². The van der Waals surface area contributed by atoms with Crippen LogP contribution in [0.4, 0.5) is 0 Å². The molecule has 0 saturated heterocycles. The Balaban J connectivity index is 2.40. The van der Waals surface area contributed by atoms with Crippen LogP contribution in [0.1, 0.15) is 39.7 Å². The summed E-state index contributed by atoms with van der Waals surface area (Å²) in [7, 11) is 1.01. The molecule has 2 heteroatoms. The van der Waals surface area contributed by atoms with Gasteiger partial charge in [-0.2, -0.15) is 0 Å². The van der Waals surface area contributed by atoms with Crippen molar-refractivity contribution in [2.24, 2.45) is 5.92 Å². The zero-order valence-electron chi connectivity index (χ0n) is 11.7. The Hall–Kier alpha value is -0.755. The van der Waals surface area contributed by atoms with Crippen LogP contribution >= 0.6 is 0 Å². The smallest absolute Gasteiger partial charge is 0.192 e. The fourth-order valence-corrected chi connectivity index (χ4v) is 1.88. The maximum atomic E-state index is 5.79. The van der Waals surface area contributed by atoms with Crippen molar-refractivity contribution >= 4 is 12.7 Å². The van der Waals surface area contributed by atoms with E-state index in [1.807, 2.05) is 0 Å². The van der Waals surface area contributed by atoms with Crippen LogP contribution < -0.4 is 5.46 Å². The van der Waals surface area contributed by atoms with Crippen LogP contribution in [0.3, 0.4) is 0 Å². The normalized spacial score (nSPS) is 12.8. The van der Waals surface area contributed by atoms with Gasteiger partial charge in [-0.3, -0.25) is 0 Å². The highest BCUT2D eigenvalue weighted by Crippen LogP contribution is 2.01. The highest BCUT2D eigenvalue weighted by atomic mass is 16.5. The van der Waals surface area contributed by atoms with E-state index in [1.165, 1.54) is 23.9 Å². The number of rotatable bonds is 7. The summed E-state index contributed by atoms with van der Waals surface area (Å²) in [6.45, 7) is 9.60. The largest absolute Gasteiger partial charge is 0.386 e. The number of hydrogen-bond donors (Lipinski definition) is 0. The van der Waals surface area contributed by atoms with Crippen LogP contribution in [0.25, 0.3) is 0 Å². The number of hydrogen-bond acceptors (Lipinski definition) is 1. The first kappa shape index (κ1) is 14.3. The van der Waals surface area contributed by atoms with Crippen molar-refractivity contribution in [2.75, 3.05) is 6.61 Å². The SMILES string of the molecule is CCCc1ccc(BC(C)OCC(C)C)cc1. The van der Waals surface area contributed by atoms with Crippen LogP contribution in [-0.4, -0.2) is 19.9 Å². The van der Waals surface area contributed by atoms with Crippen molar-refractivity contribution in [1.82, 2.24) is 0 Å². The third kappa shape index (κ3) is 5.93. The summed E-state index contributed by atoms with van der Waals surface area (Å²) in [4.78, 5) is 0. The van der Waals surface area contributed by atoms with Gasteiger partial charge < -0.3 is 4.74 Å². The highest BCUT2D eigenvalue weighted by molar-refractivity contribution is 6.54. The Morgan fingerprint density at radius 1 is 1.12 bits per heavy atom. The summed E-state index contributed by atoms with van der Waals surface area (Å²) in [6, 6.07) is 9.28. The third-order valence-electron chi connectivity index (χ3n) is 2.80. The molecule has 1 aromatic rings. The molecule has 0 aliphatic rings. The molecule has 0 aromatic heterocycles. The van der Waals surface area contributed by atoms with Crippen molar-refractivity contribution in [2.45, 2.75) is 46.5 Å². The predicted octanol–water partition coefficient (Wildman–Crippen LogP) is 2.72. The quantitative estimate of drug-likeness (QED) is 0.657. The fourth-order valence-electron chi connectivity index (χ4n) is 1.88. The van der Waals surface area contributed by atoms with Crippen molar-refractivity contribution in [3.05, 3.63) is 29.8 Å². The molecule has 1 aromatic carbocycles. The summed E-state index contributed by atoms with van der Waals surface area (Å²) < 4.78 is 5.79. The molecule has 0 radical (unpaired) electrons. The van der Waals surface area contributed by atoms with E-state index in [4.69, 9.17) is 4.74 Å². The summed E-state index contributed by atoms with van der Waals surface area (Å²) >= 11 is 0. The van der Waals surface area contributed by atoms with Gasteiger partial charge >= 0.3 is 0 Å². The first-order chi connectivity index (χ1) is 8.11. The van der Waals surface area contributed by atoms with Gasteiger partial charge in [0.15, 0.2) is 7.28 Å². The van der Waals surface area contributed by atoms with Crippen LogP contribution in [0.5, 0.6) is 0 Å². The van der Waals surface area contributed by atoms with Crippen LogP contribution in [0.2, 0.25) is 0 Å². The molecule has 1 atom stereocenters. The van der Waals surface area contributed by atoms with E-state index in [9.17, 15) is 0 Å². The minimum atomic E-state index is 0.314. The fraction of sp³-hybridized carbons (Fsp3) is 0.600. The minimum Gasteiger partial charge on any atom is -0.386 e. The second-order valence-corrected chi connectivity index (χ2v) is 5.31. The average molecular weight is 232 g/mol. The van der Waals surface area contributed by atoms with Crippen molar-refractivity contribution in [3.8, 4) is 0 Å². The molecule has 0 fully saturated rings. The zero-order valence-corrected chi connectivity index (χ0v) is 11.7. The van der Waals surface area contributed by atoms with E-state index in [-0.39, 0.29) is 0 Å². The van der Waals surface area contributed by atoms with Crippen LogP contribution in [0.15, 0.2) is 24.3 Å². The Bertz CT molecular complexity index is 305. The van der Waals surface area contributed by atoms with Gasteiger partial charge in [-0.25, -0.2) is 0 Å². The van der Waals surface area contributed by atoms with E-state index in [2.05, 4.69) is 52.0 Å². The molecular formula is C15H25BO. The first-order valence-electron chi connectivity index (χ1n) is 6.81. The zero-order chi connectivity index (χ0) is 12.7. The number of aryl methyl sites for hydroxylation is 1. The summed E-state index contributed by atoms with van der Waals surface area (Å²) in [5.74, 6) is 0.615. The Morgan fingerprint density at radius 3 is 2.29 bits per heavy atom.